The number of aromatic nitrogens is 3. The maximum Gasteiger partial charge on any atom is 0.239 e. The highest BCUT2D eigenvalue weighted by Crippen LogP contribution is 2.36. The van der Waals surface area contributed by atoms with Gasteiger partial charge >= 0.3 is 0 Å². The lowest BCUT2D eigenvalue weighted by Crippen LogP contribution is -2.42. The lowest BCUT2D eigenvalue weighted by atomic mass is 9.95. The van der Waals surface area contributed by atoms with Gasteiger partial charge in [-0.3, -0.25) is 9.69 Å². The van der Waals surface area contributed by atoms with Crippen molar-refractivity contribution in [1.29, 1.82) is 5.26 Å². The lowest BCUT2D eigenvalue weighted by molar-refractivity contribution is -0.117. The van der Waals surface area contributed by atoms with Gasteiger partial charge in [0.15, 0.2) is 5.82 Å². The minimum Gasteiger partial charge on any atom is -0.351 e. The van der Waals surface area contributed by atoms with Gasteiger partial charge in [0.05, 0.1) is 12.1 Å². The van der Waals surface area contributed by atoms with E-state index in [-0.39, 0.29) is 12.5 Å². The molecule has 1 aliphatic heterocycles. The van der Waals surface area contributed by atoms with Gasteiger partial charge < -0.3 is 14.8 Å². The predicted molar refractivity (Wildman–Crippen MR) is 129 cm³/mol. The molecule has 2 aromatic heterocycles. The van der Waals surface area contributed by atoms with Crippen molar-refractivity contribution < 1.29 is 4.79 Å². The quantitative estimate of drug-likeness (QED) is 0.691. The number of nitrogens with one attached hydrogen (secondary N) is 1. The number of carbonyl (C=O) groups is 1. The number of nitrogens with zero attached hydrogens (tertiary/aromatic N) is 6. The summed E-state index contributed by atoms with van der Waals surface area (Å²) in [5, 5.41) is 21.2. The van der Waals surface area contributed by atoms with Crippen molar-refractivity contribution in [2.24, 2.45) is 0 Å². The van der Waals surface area contributed by atoms with E-state index in [0.29, 0.717) is 23.5 Å². The van der Waals surface area contributed by atoms with Crippen LogP contribution in [-0.4, -0.2) is 58.3 Å². The van der Waals surface area contributed by atoms with Crippen LogP contribution in [0.5, 0.6) is 0 Å². The first kappa shape index (κ1) is 23.2. The molecule has 8 heteroatoms. The summed E-state index contributed by atoms with van der Waals surface area (Å²) in [6.07, 6.45) is 9.73. The molecule has 1 N–H and O–H groups in total. The highest BCUT2D eigenvalue weighted by atomic mass is 16.2. The van der Waals surface area contributed by atoms with Gasteiger partial charge in [0.25, 0.3) is 0 Å². The second-order valence-electron chi connectivity index (χ2n) is 9.52. The fraction of sp³-hybridized carbons (Fsp3) is 0.600. The molecule has 33 heavy (non-hydrogen) atoms. The molecule has 0 spiro atoms. The number of carbonyl (C=O) groups excluding carboxylic acids is 1. The summed E-state index contributed by atoms with van der Waals surface area (Å²) < 4.78 is 2.22. The van der Waals surface area contributed by atoms with Gasteiger partial charge in [-0.25, -0.2) is 0 Å². The SMILES string of the molecule is Cc1c(C#N)c(NC(=O)CN(C)CC2CCCN2c2cccnn2)n(C2CCCCC2)c1C. The summed E-state index contributed by atoms with van der Waals surface area (Å²) in [6.45, 7) is 6.06. The Bertz CT molecular complexity index is 1000. The molecule has 2 aromatic rings. The zero-order valence-corrected chi connectivity index (χ0v) is 20.0. The maximum atomic E-state index is 13.1. The van der Waals surface area contributed by atoms with Crippen LogP contribution >= 0.6 is 0 Å². The highest BCUT2D eigenvalue weighted by molar-refractivity contribution is 5.93. The topological polar surface area (TPSA) is 90.1 Å². The number of likely N-dealkylation sites (N-methyl/N-ethyl adjacent to an activating group) is 1. The smallest absolute Gasteiger partial charge is 0.239 e. The molecule has 0 bridgehead atoms. The van der Waals surface area contributed by atoms with Crippen molar-refractivity contribution in [3.05, 3.63) is 35.2 Å². The second-order valence-corrected chi connectivity index (χ2v) is 9.52. The van der Waals surface area contributed by atoms with Gasteiger partial charge in [0, 0.05) is 37.1 Å². The molecule has 0 radical (unpaired) electrons. The van der Waals surface area contributed by atoms with Crippen LogP contribution in [0.1, 0.15) is 67.8 Å². The number of hydrogen-bond acceptors (Lipinski definition) is 6. The second kappa shape index (κ2) is 10.3. The van der Waals surface area contributed by atoms with E-state index < -0.39 is 0 Å². The van der Waals surface area contributed by atoms with E-state index >= 15 is 0 Å². The van der Waals surface area contributed by atoms with Crippen LogP contribution in [0.4, 0.5) is 11.6 Å². The van der Waals surface area contributed by atoms with Crippen molar-refractivity contribution >= 4 is 17.5 Å². The van der Waals surface area contributed by atoms with Gasteiger partial charge in [0.1, 0.15) is 11.9 Å². The summed E-state index contributed by atoms with van der Waals surface area (Å²) >= 11 is 0. The molecule has 2 aliphatic rings. The third-order valence-electron chi connectivity index (χ3n) is 7.23. The maximum absolute atomic E-state index is 13.1. The number of amides is 1. The lowest BCUT2D eigenvalue weighted by Gasteiger charge is -2.29. The van der Waals surface area contributed by atoms with Crippen LogP contribution in [0.25, 0.3) is 0 Å². The van der Waals surface area contributed by atoms with Crippen LogP contribution in [0.15, 0.2) is 18.3 Å². The predicted octanol–water partition coefficient (Wildman–Crippen LogP) is 3.81. The van der Waals surface area contributed by atoms with Crippen LogP contribution in [0.2, 0.25) is 0 Å². The normalized spacial score (nSPS) is 19.1. The van der Waals surface area contributed by atoms with Crippen LogP contribution < -0.4 is 10.2 Å². The first-order chi connectivity index (χ1) is 16.0. The van der Waals surface area contributed by atoms with E-state index in [0.717, 1.165) is 55.8 Å². The molecule has 0 aromatic carbocycles. The number of rotatable bonds is 7. The number of anilines is 2. The largest absolute Gasteiger partial charge is 0.351 e. The Morgan fingerprint density at radius 1 is 1.24 bits per heavy atom. The Morgan fingerprint density at radius 2 is 2.03 bits per heavy atom. The molecule has 2 fully saturated rings. The Balaban J connectivity index is 1.43. The van der Waals surface area contributed by atoms with E-state index in [1.54, 1.807) is 6.20 Å². The van der Waals surface area contributed by atoms with Crippen LogP contribution in [-0.2, 0) is 4.79 Å². The minimum atomic E-state index is -0.0763. The molecule has 3 heterocycles. The third-order valence-corrected chi connectivity index (χ3v) is 7.23. The molecule has 8 nitrogen and oxygen atoms in total. The molecule has 4 rings (SSSR count). The van der Waals surface area contributed by atoms with E-state index in [1.807, 2.05) is 26.1 Å². The molecule has 1 atom stereocenters. The summed E-state index contributed by atoms with van der Waals surface area (Å²) in [4.78, 5) is 17.4. The van der Waals surface area contributed by atoms with Crippen LogP contribution in [0.3, 0.4) is 0 Å². The summed E-state index contributed by atoms with van der Waals surface area (Å²) in [5.41, 5.74) is 2.66. The van der Waals surface area contributed by atoms with Crippen molar-refractivity contribution in [2.75, 3.05) is 36.9 Å². The molecule has 1 saturated carbocycles. The molecule has 176 valence electrons. The highest BCUT2D eigenvalue weighted by Gasteiger charge is 2.29. The molecule has 1 saturated heterocycles. The Kier molecular flexibility index (Phi) is 7.29. The Morgan fingerprint density at radius 3 is 2.73 bits per heavy atom. The van der Waals surface area contributed by atoms with Gasteiger partial charge in [-0.2, -0.15) is 10.4 Å². The average molecular weight is 450 g/mol. The molecule has 1 aliphatic carbocycles. The fourth-order valence-corrected chi connectivity index (χ4v) is 5.50. The van der Waals surface area contributed by atoms with Crippen molar-refractivity contribution in [1.82, 2.24) is 19.7 Å². The van der Waals surface area contributed by atoms with E-state index in [4.69, 9.17) is 0 Å². The first-order valence-electron chi connectivity index (χ1n) is 12.1. The van der Waals surface area contributed by atoms with Gasteiger partial charge in [-0.05, 0) is 64.3 Å². The zero-order valence-electron chi connectivity index (χ0n) is 20.0. The van der Waals surface area contributed by atoms with Crippen molar-refractivity contribution in [3.8, 4) is 6.07 Å². The summed E-state index contributed by atoms with van der Waals surface area (Å²) in [7, 11) is 1.98. The van der Waals surface area contributed by atoms with Crippen molar-refractivity contribution in [2.45, 2.75) is 70.9 Å². The van der Waals surface area contributed by atoms with Gasteiger partial charge in [0.2, 0.25) is 5.91 Å². The minimum absolute atomic E-state index is 0.0763. The first-order valence-corrected chi connectivity index (χ1v) is 12.1. The molecular formula is C25H35N7O. The molecule has 1 amide bonds. The summed E-state index contributed by atoms with van der Waals surface area (Å²) in [6, 6.07) is 6.90. The van der Waals surface area contributed by atoms with Crippen molar-refractivity contribution in [3.63, 3.8) is 0 Å². The van der Waals surface area contributed by atoms with Gasteiger partial charge in [-0.1, -0.05) is 19.3 Å². The number of hydrogen-bond donors (Lipinski definition) is 1. The average Bonchev–Trinajstić information content (AvgIpc) is 3.37. The fourth-order valence-electron chi connectivity index (χ4n) is 5.50. The van der Waals surface area contributed by atoms with E-state index in [1.165, 1.54) is 19.3 Å². The standard InChI is InChI=1S/C25H35N7O/c1-18-19(2)32(20-9-5-4-6-10-20)25(22(18)15-26)28-24(33)17-30(3)16-21-11-8-14-31(21)23-12-7-13-27-29-23/h7,12-13,20-21H,4-6,8-11,14,16-17H2,1-3H3,(H,28,33). The molecule has 1 unspecified atom stereocenters. The number of nitriles is 1. The monoisotopic (exact) mass is 449 g/mol. The Labute approximate surface area is 196 Å². The van der Waals surface area contributed by atoms with E-state index in [2.05, 4.69) is 42.9 Å². The molecular weight excluding hydrogens is 414 g/mol. The zero-order chi connectivity index (χ0) is 23.4. The van der Waals surface area contributed by atoms with E-state index in [9.17, 15) is 10.1 Å². The van der Waals surface area contributed by atoms with Gasteiger partial charge in [-0.15, -0.1) is 5.10 Å². The van der Waals surface area contributed by atoms with Crippen LogP contribution in [0, 0.1) is 25.2 Å². The Hall–Kier alpha value is -2.92. The summed E-state index contributed by atoms with van der Waals surface area (Å²) in [5.74, 6) is 1.50. The third kappa shape index (κ3) is 5.03.